The molecule has 23 heavy (non-hydrogen) atoms. The van der Waals surface area contributed by atoms with Crippen LogP contribution in [0.5, 0.6) is 0 Å². The summed E-state index contributed by atoms with van der Waals surface area (Å²) < 4.78 is 0. The fraction of sp³-hybridized carbons (Fsp3) is 0.650. The van der Waals surface area contributed by atoms with E-state index < -0.39 is 0 Å². The van der Waals surface area contributed by atoms with Gasteiger partial charge in [-0.3, -0.25) is 9.69 Å². The molecule has 1 fully saturated rings. The maximum absolute atomic E-state index is 12.6. The Bertz CT molecular complexity index is 590. The molecule has 1 aliphatic heterocycles. The topological polar surface area (TPSA) is 32.3 Å². The number of likely N-dealkylation sites (tertiary alicyclic amines) is 1. The highest BCUT2D eigenvalue weighted by Crippen LogP contribution is 2.49. The molecule has 0 radical (unpaired) electrons. The third-order valence-electron chi connectivity index (χ3n) is 5.73. The molecule has 2 aliphatic rings. The molecular weight excluding hydrogens is 284 g/mol. The summed E-state index contributed by atoms with van der Waals surface area (Å²) in [5, 5.41) is 3.36. The minimum atomic E-state index is -0.345. The monoisotopic (exact) mass is 314 g/mol. The Balaban J connectivity index is 1.88. The second-order valence-corrected chi connectivity index (χ2v) is 8.31. The number of carbonyl (C=O) groups excluding carboxylic acids is 1. The number of nitrogens with zero attached hydrogens (tertiary/aromatic N) is 1. The molecule has 3 heteroatoms. The van der Waals surface area contributed by atoms with E-state index in [9.17, 15) is 4.79 Å². The van der Waals surface area contributed by atoms with Gasteiger partial charge in [0.2, 0.25) is 5.91 Å². The Labute approximate surface area is 140 Å². The summed E-state index contributed by atoms with van der Waals surface area (Å²) in [6.07, 6.45) is 1.18. The number of rotatable bonds is 3. The van der Waals surface area contributed by atoms with Gasteiger partial charge in [0.25, 0.3) is 0 Å². The van der Waals surface area contributed by atoms with E-state index >= 15 is 0 Å². The summed E-state index contributed by atoms with van der Waals surface area (Å²) in [7, 11) is 0. The van der Waals surface area contributed by atoms with Gasteiger partial charge in [-0.1, -0.05) is 52.0 Å². The minimum absolute atomic E-state index is 0.153. The van der Waals surface area contributed by atoms with Gasteiger partial charge in [0, 0.05) is 36.4 Å². The van der Waals surface area contributed by atoms with Crippen LogP contribution in [-0.2, 0) is 4.79 Å². The quantitative estimate of drug-likeness (QED) is 0.922. The van der Waals surface area contributed by atoms with Crippen LogP contribution < -0.4 is 5.32 Å². The first-order valence-corrected chi connectivity index (χ1v) is 8.96. The molecule has 1 aromatic rings. The number of carbonyl (C=O) groups is 1. The number of hydrogen-bond donors (Lipinski definition) is 1. The van der Waals surface area contributed by atoms with E-state index in [0.29, 0.717) is 17.9 Å². The maximum Gasteiger partial charge on any atom is 0.225 e. The Morgan fingerprint density at radius 3 is 2.52 bits per heavy atom. The van der Waals surface area contributed by atoms with Gasteiger partial charge in [-0.25, -0.2) is 0 Å². The molecule has 0 aromatic heterocycles. The average molecular weight is 314 g/mol. The molecule has 1 saturated heterocycles. The van der Waals surface area contributed by atoms with Crippen molar-refractivity contribution in [1.82, 2.24) is 10.2 Å². The van der Waals surface area contributed by atoms with E-state index in [1.807, 2.05) is 20.8 Å². The number of amides is 1. The summed E-state index contributed by atoms with van der Waals surface area (Å²) in [5.41, 5.74) is 2.44. The Morgan fingerprint density at radius 1 is 1.26 bits per heavy atom. The number of fused-ring (bicyclic) bond motifs is 3. The van der Waals surface area contributed by atoms with E-state index in [1.54, 1.807) is 0 Å². The molecule has 4 atom stereocenters. The number of benzene rings is 1. The molecule has 0 unspecified atom stereocenters. The second-order valence-electron chi connectivity index (χ2n) is 8.31. The van der Waals surface area contributed by atoms with Crippen molar-refractivity contribution >= 4 is 5.91 Å². The summed E-state index contributed by atoms with van der Waals surface area (Å²) in [6, 6.07) is 9.48. The van der Waals surface area contributed by atoms with Crippen molar-refractivity contribution in [3.63, 3.8) is 0 Å². The van der Waals surface area contributed by atoms with Crippen molar-refractivity contribution in [3.05, 3.63) is 35.4 Å². The molecule has 0 bridgehead atoms. The molecule has 1 aliphatic carbocycles. The van der Waals surface area contributed by atoms with E-state index in [2.05, 4.69) is 48.3 Å². The van der Waals surface area contributed by atoms with Gasteiger partial charge in [-0.05, 0) is 24.5 Å². The molecule has 0 spiro atoms. The lowest BCUT2D eigenvalue weighted by molar-refractivity contribution is -0.129. The molecule has 1 aromatic carbocycles. The predicted molar refractivity (Wildman–Crippen MR) is 94.3 cm³/mol. The van der Waals surface area contributed by atoms with Gasteiger partial charge in [-0.15, -0.1) is 0 Å². The highest BCUT2D eigenvalue weighted by Gasteiger charge is 2.47. The third kappa shape index (κ3) is 2.91. The van der Waals surface area contributed by atoms with Crippen LogP contribution in [0.25, 0.3) is 0 Å². The summed E-state index contributed by atoms with van der Waals surface area (Å²) in [6.45, 7) is 12.7. The van der Waals surface area contributed by atoms with Crippen LogP contribution in [0.2, 0.25) is 0 Å². The molecule has 126 valence electrons. The van der Waals surface area contributed by atoms with Gasteiger partial charge in [0.1, 0.15) is 0 Å². The average Bonchev–Trinajstić information content (AvgIpc) is 3.05. The SMILES string of the molecule is CC[C@@H](C)N1C[C@@H]2[C@H](NC(=O)C(C)(C)C)c3ccccc3[C@@H]2C1. The fourth-order valence-corrected chi connectivity index (χ4v) is 4.05. The van der Waals surface area contributed by atoms with Crippen LogP contribution in [0.4, 0.5) is 0 Å². The molecular formula is C20H30N2O. The van der Waals surface area contributed by atoms with Gasteiger partial charge < -0.3 is 5.32 Å². The van der Waals surface area contributed by atoms with Crippen LogP contribution in [0.15, 0.2) is 24.3 Å². The molecule has 1 heterocycles. The summed E-state index contributed by atoms with van der Waals surface area (Å²) in [4.78, 5) is 15.2. The van der Waals surface area contributed by atoms with Gasteiger partial charge in [0.15, 0.2) is 0 Å². The lowest BCUT2D eigenvalue weighted by atomic mass is 9.91. The summed E-state index contributed by atoms with van der Waals surface area (Å²) >= 11 is 0. The Hall–Kier alpha value is -1.35. The Kier molecular flexibility index (Phi) is 4.26. The molecule has 3 nitrogen and oxygen atoms in total. The minimum Gasteiger partial charge on any atom is -0.348 e. The highest BCUT2D eigenvalue weighted by molar-refractivity contribution is 5.82. The zero-order valence-electron chi connectivity index (χ0n) is 15.1. The van der Waals surface area contributed by atoms with Crippen molar-refractivity contribution in [2.24, 2.45) is 11.3 Å². The van der Waals surface area contributed by atoms with Crippen molar-refractivity contribution in [2.75, 3.05) is 13.1 Å². The van der Waals surface area contributed by atoms with Crippen LogP contribution in [0, 0.1) is 11.3 Å². The Morgan fingerprint density at radius 2 is 1.91 bits per heavy atom. The maximum atomic E-state index is 12.6. The molecule has 0 saturated carbocycles. The number of hydrogen-bond acceptors (Lipinski definition) is 2. The summed E-state index contributed by atoms with van der Waals surface area (Å²) in [5.74, 6) is 1.22. The van der Waals surface area contributed by atoms with Crippen LogP contribution in [-0.4, -0.2) is 29.9 Å². The second kappa shape index (κ2) is 5.94. The first-order valence-electron chi connectivity index (χ1n) is 8.96. The van der Waals surface area contributed by atoms with Crippen molar-refractivity contribution < 1.29 is 4.79 Å². The zero-order chi connectivity index (χ0) is 16.8. The van der Waals surface area contributed by atoms with Crippen molar-refractivity contribution in [1.29, 1.82) is 0 Å². The predicted octanol–water partition coefficient (Wildman–Crippen LogP) is 3.72. The van der Waals surface area contributed by atoms with Crippen molar-refractivity contribution in [2.45, 2.75) is 59.0 Å². The van der Waals surface area contributed by atoms with Crippen LogP contribution in [0.1, 0.15) is 64.1 Å². The first-order chi connectivity index (χ1) is 10.8. The van der Waals surface area contributed by atoms with Crippen LogP contribution >= 0.6 is 0 Å². The van der Waals surface area contributed by atoms with E-state index in [-0.39, 0.29) is 17.4 Å². The van der Waals surface area contributed by atoms with Gasteiger partial charge in [-0.2, -0.15) is 0 Å². The fourth-order valence-electron chi connectivity index (χ4n) is 4.05. The number of nitrogens with one attached hydrogen (secondary N) is 1. The normalized spacial score (nSPS) is 28.3. The third-order valence-corrected chi connectivity index (χ3v) is 5.73. The van der Waals surface area contributed by atoms with E-state index in [4.69, 9.17) is 0 Å². The highest BCUT2D eigenvalue weighted by atomic mass is 16.2. The standard InChI is InChI=1S/C20H30N2O/c1-6-13(2)22-11-16-14-9-7-8-10-15(14)18(17(16)12-22)21-19(23)20(3,4)5/h7-10,13,16-18H,6,11-12H2,1-5H3,(H,21,23)/t13-,16+,17+,18-/m1/s1. The lowest BCUT2D eigenvalue weighted by Gasteiger charge is -2.28. The molecule has 3 rings (SSSR count). The van der Waals surface area contributed by atoms with E-state index in [0.717, 1.165) is 13.1 Å². The smallest absolute Gasteiger partial charge is 0.225 e. The largest absolute Gasteiger partial charge is 0.348 e. The zero-order valence-corrected chi connectivity index (χ0v) is 15.1. The van der Waals surface area contributed by atoms with Gasteiger partial charge in [0.05, 0.1) is 6.04 Å². The van der Waals surface area contributed by atoms with Gasteiger partial charge >= 0.3 is 0 Å². The molecule has 1 N–H and O–H groups in total. The lowest BCUT2D eigenvalue weighted by Crippen LogP contribution is -2.40. The van der Waals surface area contributed by atoms with Crippen molar-refractivity contribution in [3.8, 4) is 0 Å². The van der Waals surface area contributed by atoms with E-state index in [1.165, 1.54) is 17.5 Å². The first kappa shape index (κ1) is 16.5. The van der Waals surface area contributed by atoms with Crippen LogP contribution in [0.3, 0.4) is 0 Å². The molecule has 1 amide bonds.